The molecule has 3 rings (SSSR count). The van der Waals surface area contributed by atoms with Crippen LogP contribution in [0.3, 0.4) is 0 Å². The monoisotopic (exact) mass is 385 g/mol. The second-order valence-electron chi connectivity index (χ2n) is 6.76. The third-order valence-corrected chi connectivity index (χ3v) is 4.47. The number of carbonyl (C=O) groups excluding carboxylic acids is 1. The minimum absolute atomic E-state index is 0.0193. The molecule has 2 aromatic carbocycles. The highest BCUT2D eigenvalue weighted by Crippen LogP contribution is 2.27. The quantitative estimate of drug-likeness (QED) is 0.694. The van der Waals surface area contributed by atoms with Crippen LogP contribution in [0, 0.1) is 25.2 Å². The van der Waals surface area contributed by atoms with Gasteiger partial charge in [0.05, 0.1) is 17.2 Å². The molecule has 0 bridgehead atoms. The molecule has 0 aliphatic rings. The Balaban J connectivity index is 1.95. The maximum absolute atomic E-state index is 12.7. The van der Waals surface area contributed by atoms with E-state index in [-0.39, 0.29) is 17.7 Å². The van der Waals surface area contributed by atoms with Crippen LogP contribution < -0.4 is 5.32 Å². The number of carboxylic acid groups (broad SMARTS) is 1. The summed E-state index contributed by atoms with van der Waals surface area (Å²) in [5.74, 6) is -1.55. The predicted molar refractivity (Wildman–Crippen MR) is 108 cm³/mol. The van der Waals surface area contributed by atoms with Gasteiger partial charge in [-0.1, -0.05) is 18.2 Å². The Kier molecular flexibility index (Phi) is 5.70. The minimum atomic E-state index is -1.14. The van der Waals surface area contributed by atoms with E-state index in [0.29, 0.717) is 16.7 Å². The summed E-state index contributed by atoms with van der Waals surface area (Å²) >= 11 is 0. The van der Waals surface area contributed by atoms with Gasteiger partial charge in [0, 0.05) is 24.0 Å². The summed E-state index contributed by atoms with van der Waals surface area (Å²) < 4.78 is 0. The van der Waals surface area contributed by atoms with Crippen LogP contribution in [-0.2, 0) is 6.54 Å². The molecule has 0 spiro atoms. The van der Waals surface area contributed by atoms with Gasteiger partial charge in [0.15, 0.2) is 0 Å². The molecule has 6 heteroatoms. The standard InChI is InChI=1S/C23H19N3O3/c1-14-3-6-21(20(7-14)11-24)17-8-18(10-19(9-17)23(28)29)22(27)26-13-16-5-4-15(2)25-12-16/h3-10,12H,13H2,1-2H3,(H,26,27)(H,28,29). The number of aryl methyl sites for hydroxylation is 2. The summed E-state index contributed by atoms with van der Waals surface area (Å²) in [7, 11) is 0. The number of amides is 1. The van der Waals surface area contributed by atoms with E-state index in [0.717, 1.165) is 16.8 Å². The van der Waals surface area contributed by atoms with Crippen LogP contribution in [0.1, 0.15) is 43.1 Å². The van der Waals surface area contributed by atoms with E-state index < -0.39 is 11.9 Å². The summed E-state index contributed by atoms with van der Waals surface area (Å²) in [4.78, 5) is 28.4. The Morgan fingerprint density at radius 3 is 2.48 bits per heavy atom. The topological polar surface area (TPSA) is 103 Å². The lowest BCUT2D eigenvalue weighted by atomic mass is 9.95. The van der Waals surface area contributed by atoms with Gasteiger partial charge in [-0.25, -0.2) is 4.79 Å². The number of rotatable bonds is 5. The molecule has 3 aromatic rings. The van der Waals surface area contributed by atoms with Crippen molar-refractivity contribution in [1.82, 2.24) is 10.3 Å². The molecular formula is C23H19N3O3. The molecule has 0 saturated carbocycles. The third kappa shape index (κ3) is 4.66. The van der Waals surface area contributed by atoms with E-state index in [1.165, 1.54) is 12.1 Å². The van der Waals surface area contributed by atoms with E-state index in [2.05, 4.69) is 16.4 Å². The van der Waals surface area contributed by atoms with Crippen LogP contribution in [0.4, 0.5) is 0 Å². The van der Waals surface area contributed by atoms with Crippen LogP contribution in [0.5, 0.6) is 0 Å². The molecule has 0 saturated heterocycles. The fourth-order valence-electron chi connectivity index (χ4n) is 2.93. The second kappa shape index (κ2) is 8.36. The van der Waals surface area contributed by atoms with E-state index in [1.54, 1.807) is 24.4 Å². The zero-order valence-electron chi connectivity index (χ0n) is 16.1. The van der Waals surface area contributed by atoms with E-state index in [4.69, 9.17) is 0 Å². The Bertz CT molecular complexity index is 1130. The molecule has 0 radical (unpaired) electrons. The number of aromatic nitrogens is 1. The highest BCUT2D eigenvalue weighted by atomic mass is 16.4. The minimum Gasteiger partial charge on any atom is -0.478 e. The van der Waals surface area contributed by atoms with Gasteiger partial charge in [0.2, 0.25) is 0 Å². The highest BCUT2D eigenvalue weighted by molar-refractivity contribution is 5.99. The predicted octanol–water partition coefficient (Wildman–Crippen LogP) is 3.87. The molecule has 1 amide bonds. The lowest BCUT2D eigenvalue weighted by Crippen LogP contribution is -2.23. The van der Waals surface area contributed by atoms with Crippen LogP contribution in [0.2, 0.25) is 0 Å². The SMILES string of the molecule is Cc1ccc(-c2cc(C(=O)O)cc(C(=O)NCc3ccc(C)nc3)c2)c(C#N)c1. The molecular weight excluding hydrogens is 366 g/mol. The number of aromatic carboxylic acids is 1. The molecule has 1 aromatic heterocycles. The first-order valence-corrected chi connectivity index (χ1v) is 8.96. The van der Waals surface area contributed by atoms with Gasteiger partial charge in [0.25, 0.3) is 5.91 Å². The van der Waals surface area contributed by atoms with Crippen molar-refractivity contribution >= 4 is 11.9 Å². The molecule has 1 heterocycles. The third-order valence-electron chi connectivity index (χ3n) is 4.47. The van der Waals surface area contributed by atoms with E-state index >= 15 is 0 Å². The Labute approximate surface area is 168 Å². The van der Waals surface area contributed by atoms with Gasteiger partial charge in [0.1, 0.15) is 0 Å². The summed E-state index contributed by atoms with van der Waals surface area (Å²) in [5.41, 5.74) is 4.34. The van der Waals surface area contributed by atoms with Crippen molar-refractivity contribution in [2.45, 2.75) is 20.4 Å². The maximum atomic E-state index is 12.7. The number of nitriles is 1. The molecule has 0 unspecified atom stereocenters. The molecule has 0 aliphatic heterocycles. The van der Waals surface area contributed by atoms with Gasteiger partial charge in [-0.2, -0.15) is 5.26 Å². The number of carboxylic acids is 1. The van der Waals surface area contributed by atoms with Gasteiger partial charge in [-0.3, -0.25) is 9.78 Å². The Morgan fingerprint density at radius 2 is 1.83 bits per heavy atom. The van der Waals surface area contributed by atoms with Gasteiger partial charge in [-0.05, 0) is 66.4 Å². The zero-order valence-corrected chi connectivity index (χ0v) is 16.1. The van der Waals surface area contributed by atoms with Crippen molar-refractivity contribution in [1.29, 1.82) is 5.26 Å². The van der Waals surface area contributed by atoms with Crippen LogP contribution in [0.15, 0.2) is 54.7 Å². The van der Waals surface area contributed by atoms with Crippen molar-refractivity contribution in [3.8, 4) is 17.2 Å². The van der Waals surface area contributed by atoms with Crippen molar-refractivity contribution in [3.63, 3.8) is 0 Å². The lowest BCUT2D eigenvalue weighted by Gasteiger charge is -2.11. The zero-order chi connectivity index (χ0) is 21.0. The number of nitrogens with one attached hydrogen (secondary N) is 1. The molecule has 0 fully saturated rings. The first-order valence-electron chi connectivity index (χ1n) is 8.96. The maximum Gasteiger partial charge on any atom is 0.335 e. The van der Waals surface area contributed by atoms with Crippen molar-refractivity contribution in [3.05, 3.63) is 88.2 Å². The van der Waals surface area contributed by atoms with Crippen molar-refractivity contribution in [2.75, 3.05) is 0 Å². The number of nitrogens with zero attached hydrogens (tertiary/aromatic N) is 2. The Morgan fingerprint density at radius 1 is 1.07 bits per heavy atom. The summed E-state index contributed by atoms with van der Waals surface area (Å²) in [6, 6.07) is 15.6. The summed E-state index contributed by atoms with van der Waals surface area (Å²) in [5, 5.41) is 21.7. The normalized spacial score (nSPS) is 10.2. The molecule has 6 nitrogen and oxygen atoms in total. The van der Waals surface area contributed by atoms with Crippen LogP contribution in [0.25, 0.3) is 11.1 Å². The molecule has 0 aliphatic carbocycles. The molecule has 29 heavy (non-hydrogen) atoms. The fraction of sp³-hybridized carbons (Fsp3) is 0.130. The number of benzene rings is 2. The first-order chi connectivity index (χ1) is 13.9. The van der Waals surface area contributed by atoms with Crippen molar-refractivity contribution in [2.24, 2.45) is 0 Å². The highest BCUT2D eigenvalue weighted by Gasteiger charge is 2.15. The molecule has 0 atom stereocenters. The molecule has 144 valence electrons. The van der Waals surface area contributed by atoms with Gasteiger partial charge >= 0.3 is 5.97 Å². The van der Waals surface area contributed by atoms with E-state index in [9.17, 15) is 20.0 Å². The van der Waals surface area contributed by atoms with Gasteiger partial charge < -0.3 is 10.4 Å². The number of hydrogen-bond acceptors (Lipinski definition) is 4. The first kappa shape index (κ1) is 19.8. The smallest absolute Gasteiger partial charge is 0.335 e. The molecule has 2 N–H and O–H groups in total. The lowest BCUT2D eigenvalue weighted by molar-refractivity contribution is 0.0697. The average Bonchev–Trinajstić information content (AvgIpc) is 2.72. The van der Waals surface area contributed by atoms with E-state index in [1.807, 2.05) is 32.0 Å². The number of pyridine rings is 1. The average molecular weight is 385 g/mol. The van der Waals surface area contributed by atoms with Crippen LogP contribution in [-0.4, -0.2) is 22.0 Å². The second-order valence-corrected chi connectivity index (χ2v) is 6.76. The fourth-order valence-corrected chi connectivity index (χ4v) is 2.93. The summed E-state index contributed by atoms with van der Waals surface area (Å²) in [6.45, 7) is 4.02. The van der Waals surface area contributed by atoms with Crippen LogP contribution >= 0.6 is 0 Å². The summed E-state index contributed by atoms with van der Waals surface area (Å²) in [6.07, 6.45) is 1.68. The Hall–Kier alpha value is -3.98. The largest absolute Gasteiger partial charge is 0.478 e. The van der Waals surface area contributed by atoms with Crippen molar-refractivity contribution < 1.29 is 14.7 Å². The number of carbonyl (C=O) groups is 2. The van der Waals surface area contributed by atoms with Gasteiger partial charge in [-0.15, -0.1) is 0 Å². The number of hydrogen-bond donors (Lipinski definition) is 2.